The number of amides is 1. The van der Waals surface area contributed by atoms with Gasteiger partial charge in [0.2, 0.25) is 10.0 Å². The van der Waals surface area contributed by atoms with E-state index in [0.717, 1.165) is 10.4 Å². The van der Waals surface area contributed by atoms with Crippen molar-refractivity contribution in [2.75, 3.05) is 26.2 Å². The van der Waals surface area contributed by atoms with Crippen molar-refractivity contribution < 1.29 is 17.6 Å². The molecular formula is C21H21N3O4S2. The Morgan fingerprint density at radius 2 is 1.83 bits per heavy atom. The zero-order valence-electron chi connectivity index (χ0n) is 16.4. The number of benzene rings is 1. The zero-order valence-corrected chi connectivity index (χ0v) is 18.0. The van der Waals surface area contributed by atoms with Crippen molar-refractivity contribution in [1.82, 2.24) is 14.2 Å². The number of aryl methyl sites for hydroxylation is 1. The summed E-state index contributed by atoms with van der Waals surface area (Å²) in [7, 11) is -3.54. The molecule has 0 aliphatic carbocycles. The Kier molecular flexibility index (Phi) is 5.85. The molecule has 1 saturated heterocycles. The van der Waals surface area contributed by atoms with Gasteiger partial charge in [-0.1, -0.05) is 30.3 Å². The van der Waals surface area contributed by atoms with E-state index < -0.39 is 10.0 Å². The van der Waals surface area contributed by atoms with E-state index in [9.17, 15) is 13.2 Å². The summed E-state index contributed by atoms with van der Waals surface area (Å²) in [5, 5.41) is 1.88. The maximum atomic E-state index is 12.9. The molecule has 9 heteroatoms. The molecule has 30 heavy (non-hydrogen) atoms. The van der Waals surface area contributed by atoms with Gasteiger partial charge >= 0.3 is 0 Å². The summed E-state index contributed by atoms with van der Waals surface area (Å²) in [5.74, 6) is 0.446. The molecule has 3 heterocycles. The standard InChI is InChI=1S/C21H21N3O4S2/c1-16-19(22-20(29-16)18-8-5-14-28-18)21(25)23-10-12-24(13-11-23)30(26,27)15-9-17-6-3-2-4-7-17/h2-9,14-15H,10-13H2,1H3/b15-9+. The molecule has 0 atom stereocenters. The van der Waals surface area contributed by atoms with Crippen molar-refractivity contribution in [3.05, 3.63) is 70.3 Å². The minimum atomic E-state index is -3.54. The molecule has 156 valence electrons. The van der Waals surface area contributed by atoms with Crippen LogP contribution in [0.1, 0.15) is 20.9 Å². The Morgan fingerprint density at radius 1 is 1.10 bits per heavy atom. The number of furan rings is 1. The number of hydrogen-bond acceptors (Lipinski definition) is 6. The number of hydrogen-bond donors (Lipinski definition) is 0. The normalized spacial score (nSPS) is 15.7. The quantitative estimate of drug-likeness (QED) is 0.603. The van der Waals surface area contributed by atoms with Gasteiger partial charge in [-0.15, -0.1) is 11.3 Å². The number of piperazine rings is 1. The molecule has 7 nitrogen and oxygen atoms in total. The lowest BCUT2D eigenvalue weighted by atomic mass is 10.2. The average molecular weight is 444 g/mol. The van der Waals surface area contributed by atoms with E-state index in [0.29, 0.717) is 29.6 Å². The van der Waals surface area contributed by atoms with Gasteiger partial charge in [0.15, 0.2) is 10.8 Å². The van der Waals surface area contributed by atoms with Crippen LogP contribution < -0.4 is 0 Å². The summed E-state index contributed by atoms with van der Waals surface area (Å²) in [5.41, 5.74) is 1.22. The highest BCUT2D eigenvalue weighted by Crippen LogP contribution is 2.28. The molecule has 0 N–H and O–H groups in total. The molecule has 4 rings (SSSR count). The van der Waals surface area contributed by atoms with Gasteiger partial charge in [0.05, 0.1) is 6.26 Å². The van der Waals surface area contributed by atoms with E-state index in [2.05, 4.69) is 4.98 Å². The second kappa shape index (κ2) is 8.55. The molecule has 1 amide bonds. The van der Waals surface area contributed by atoms with Gasteiger partial charge in [-0.2, -0.15) is 4.31 Å². The van der Waals surface area contributed by atoms with E-state index in [1.54, 1.807) is 29.4 Å². The van der Waals surface area contributed by atoms with Crippen LogP contribution in [0, 0.1) is 6.92 Å². The maximum Gasteiger partial charge on any atom is 0.273 e. The van der Waals surface area contributed by atoms with Gasteiger partial charge in [-0.05, 0) is 30.7 Å². The first-order valence-corrected chi connectivity index (χ1v) is 11.8. The number of thiazole rings is 1. The third kappa shape index (κ3) is 4.38. The molecule has 0 saturated carbocycles. The first-order valence-electron chi connectivity index (χ1n) is 9.48. The highest BCUT2D eigenvalue weighted by Gasteiger charge is 2.30. The molecule has 0 spiro atoms. The first-order chi connectivity index (χ1) is 14.4. The fourth-order valence-electron chi connectivity index (χ4n) is 3.21. The van der Waals surface area contributed by atoms with Crippen LogP contribution in [0.2, 0.25) is 0 Å². The fourth-order valence-corrected chi connectivity index (χ4v) is 5.26. The summed E-state index contributed by atoms with van der Waals surface area (Å²) in [4.78, 5) is 19.8. The lowest BCUT2D eigenvalue weighted by Crippen LogP contribution is -2.50. The van der Waals surface area contributed by atoms with E-state index in [4.69, 9.17) is 4.42 Å². The lowest BCUT2D eigenvalue weighted by Gasteiger charge is -2.33. The Labute approximate surface area is 179 Å². The molecule has 1 fully saturated rings. The van der Waals surface area contributed by atoms with Crippen molar-refractivity contribution >= 4 is 33.3 Å². The number of nitrogens with zero attached hydrogens (tertiary/aromatic N) is 3. The Bertz CT molecular complexity index is 1140. The minimum Gasteiger partial charge on any atom is -0.462 e. The smallest absolute Gasteiger partial charge is 0.273 e. The molecule has 1 aliphatic heterocycles. The van der Waals surface area contributed by atoms with Crippen molar-refractivity contribution in [3.8, 4) is 10.8 Å². The molecule has 0 bridgehead atoms. The number of carbonyl (C=O) groups is 1. The molecule has 3 aromatic rings. The minimum absolute atomic E-state index is 0.182. The zero-order chi connectivity index (χ0) is 21.1. The third-order valence-corrected chi connectivity index (χ3v) is 7.40. The SMILES string of the molecule is Cc1sc(-c2ccco2)nc1C(=O)N1CCN(S(=O)(=O)/C=C/c2ccccc2)CC1. The number of sulfonamides is 1. The van der Waals surface area contributed by atoms with Crippen molar-refractivity contribution in [2.45, 2.75) is 6.92 Å². The van der Waals surface area contributed by atoms with Gasteiger partial charge in [0.25, 0.3) is 5.91 Å². The van der Waals surface area contributed by atoms with Gasteiger partial charge in [0, 0.05) is 36.5 Å². The average Bonchev–Trinajstić information content (AvgIpc) is 3.42. The Balaban J connectivity index is 1.41. The molecule has 2 aromatic heterocycles. The van der Waals surface area contributed by atoms with Gasteiger partial charge < -0.3 is 9.32 Å². The predicted molar refractivity (Wildman–Crippen MR) is 116 cm³/mol. The molecule has 0 radical (unpaired) electrons. The monoisotopic (exact) mass is 443 g/mol. The lowest BCUT2D eigenvalue weighted by molar-refractivity contribution is 0.0693. The summed E-state index contributed by atoms with van der Waals surface area (Å²) < 4.78 is 32.0. The second-order valence-electron chi connectivity index (χ2n) is 6.85. The summed E-state index contributed by atoms with van der Waals surface area (Å²) in [6.45, 7) is 3.00. The van der Waals surface area contributed by atoms with Crippen LogP contribution in [0.15, 0.2) is 58.6 Å². The second-order valence-corrected chi connectivity index (χ2v) is 9.87. The number of rotatable bonds is 5. The largest absolute Gasteiger partial charge is 0.462 e. The summed E-state index contributed by atoms with van der Waals surface area (Å²) in [6, 6.07) is 12.9. The molecule has 0 unspecified atom stereocenters. The van der Waals surface area contributed by atoms with E-state index in [-0.39, 0.29) is 19.0 Å². The highest BCUT2D eigenvalue weighted by molar-refractivity contribution is 7.92. The van der Waals surface area contributed by atoms with Crippen LogP contribution in [-0.2, 0) is 10.0 Å². The van der Waals surface area contributed by atoms with E-state index in [1.807, 2.05) is 37.3 Å². The van der Waals surface area contributed by atoms with Gasteiger partial charge in [-0.25, -0.2) is 13.4 Å². The van der Waals surface area contributed by atoms with Crippen molar-refractivity contribution in [1.29, 1.82) is 0 Å². The molecular weight excluding hydrogens is 422 g/mol. The highest BCUT2D eigenvalue weighted by atomic mass is 32.2. The van der Waals surface area contributed by atoms with Crippen LogP contribution in [0.5, 0.6) is 0 Å². The van der Waals surface area contributed by atoms with Crippen LogP contribution in [0.3, 0.4) is 0 Å². The number of aromatic nitrogens is 1. The van der Waals surface area contributed by atoms with Crippen molar-refractivity contribution in [2.24, 2.45) is 0 Å². The first kappa shape index (κ1) is 20.5. The van der Waals surface area contributed by atoms with Gasteiger partial charge in [-0.3, -0.25) is 4.79 Å². The van der Waals surface area contributed by atoms with Crippen LogP contribution in [-0.4, -0.2) is 54.7 Å². The summed E-state index contributed by atoms with van der Waals surface area (Å²) >= 11 is 1.41. The topological polar surface area (TPSA) is 83.7 Å². The predicted octanol–water partition coefficient (Wildman–Crippen LogP) is 3.47. The van der Waals surface area contributed by atoms with E-state index in [1.165, 1.54) is 21.1 Å². The Hall–Kier alpha value is -2.75. The van der Waals surface area contributed by atoms with Gasteiger partial charge in [0.1, 0.15) is 5.69 Å². The van der Waals surface area contributed by atoms with Crippen LogP contribution in [0.25, 0.3) is 16.8 Å². The Morgan fingerprint density at radius 3 is 2.50 bits per heavy atom. The number of carbonyl (C=O) groups excluding carboxylic acids is 1. The maximum absolute atomic E-state index is 12.9. The molecule has 1 aromatic carbocycles. The van der Waals surface area contributed by atoms with Crippen LogP contribution in [0.4, 0.5) is 0 Å². The summed E-state index contributed by atoms with van der Waals surface area (Å²) in [6.07, 6.45) is 3.15. The third-order valence-electron chi connectivity index (χ3n) is 4.85. The van der Waals surface area contributed by atoms with Crippen LogP contribution >= 0.6 is 11.3 Å². The van der Waals surface area contributed by atoms with Crippen molar-refractivity contribution in [3.63, 3.8) is 0 Å². The molecule has 1 aliphatic rings. The van der Waals surface area contributed by atoms with E-state index >= 15 is 0 Å². The fraction of sp³-hybridized carbons (Fsp3) is 0.238.